The monoisotopic (exact) mass is 320 g/mol. The third kappa shape index (κ3) is 3.67. The summed E-state index contributed by atoms with van der Waals surface area (Å²) in [6.07, 6.45) is 2.00. The zero-order chi connectivity index (χ0) is 17.1. The number of benzene rings is 2. The number of aromatic nitrogens is 2. The van der Waals surface area contributed by atoms with Crippen molar-refractivity contribution in [2.45, 2.75) is 27.7 Å². The minimum atomic E-state index is 0.530. The van der Waals surface area contributed by atoms with Gasteiger partial charge in [-0.2, -0.15) is 5.10 Å². The molecule has 0 amide bonds. The van der Waals surface area contributed by atoms with Crippen LogP contribution in [0.1, 0.15) is 25.1 Å². The van der Waals surface area contributed by atoms with Crippen molar-refractivity contribution >= 4 is 0 Å². The average Bonchev–Trinajstić information content (AvgIpc) is 3.00. The quantitative estimate of drug-likeness (QED) is 0.647. The molecule has 0 aliphatic carbocycles. The van der Waals surface area contributed by atoms with Gasteiger partial charge >= 0.3 is 0 Å². The Hall–Kier alpha value is -2.55. The van der Waals surface area contributed by atoms with Gasteiger partial charge in [0.15, 0.2) is 0 Å². The Morgan fingerprint density at radius 1 is 0.958 bits per heavy atom. The van der Waals surface area contributed by atoms with Gasteiger partial charge in [0.05, 0.1) is 18.0 Å². The van der Waals surface area contributed by atoms with Gasteiger partial charge in [-0.3, -0.25) is 0 Å². The first-order valence-electron chi connectivity index (χ1n) is 8.39. The van der Waals surface area contributed by atoms with E-state index in [-0.39, 0.29) is 0 Å². The van der Waals surface area contributed by atoms with Crippen molar-refractivity contribution in [3.8, 4) is 22.6 Å². The van der Waals surface area contributed by atoms with Crippen LogP contribution in [-0.2, 0) is 0 Å². The lowest BCUT2D eigenvalue weighted by Gasteiger charge is -2.11. The molecule has 3 heteroatoms. The van der Waals surface area contributed by atoms with Gasteiger partial charge in [-0.25, -0.2) is 4.68 Å². The first kappa shape index (κ1) is 16.3. The highest BCUT2D eigenvalue weighted by molar-refractivity contribution is 5.67. The van der Waals surface area contributed by atoms with Gasteiger partial charge in [0.2, 0.25) is 0 Å². The number of ether oxygens (including phenoxy) is 1. The Balaban J connectivity index is 1.87. The van der Waals surface area contributed by atoms with Crippen LogP contribution in [0, 0.1) is 19.8 Å². The molecule has 3 rings (SSSR count). The standard InChI is InChI=1S/C21H24N2O/c1-15(2)14-24-20-9-7-18(8-10-20)19-6-5-16(3)21(13-19)23-12-11-17(4)22-23/h5-13,15H,14H2,1-4H3. The normalized spacial score (nSPS) is 11.0. The van der Waals surface area contributed by atoms with Crippen LogP contribution in [0.3, 0.4) is 0 Å². The summed E-state index contributed by atoms with van der Waals surface area (Å²) >= 11 is 0. The Bertz CT molecular complexity index is 816. The molecular weight excluding hydrogens is 296 g/mol. The summed E-state index contributed by atoms with van der Waals surface area (Å²) < 4.78 is 7.70. The average molecular weight is 320 g/mol. The van der Waals surface area contributed by atoms with Gasteiger partial charge in [-0.1, -0.05) is 38.1 Å². The molecule has 3 aromatic rings. The van der Waals surface area contributed by atoms with E-state index in [4.69, 9.17) is 4.74 Å². The molecule has 0 atom stereocenters. The maximum atomic E-state index is 5.76. The van der Waals surface area contributed by atoms with E-state index in [1.165, 1.54) is 16.7 Å². The zero-order valence-corrected chi connectivity index (χ0v) is 14.8. The first-order chi connectivity index (χ1) is 11.5. The molecule has 0 unspecified atom stereocenters. The second-order valence-electron chi connectivity index (χ2n) is 6.63. The van der Waals surface area contributed by atoms with Crippen LogP contribution in [0.25, 0.3) is 16.8 Å². The highest BCUT2D eigenvalue weighted by atomic mass is 16.5. The van der Waals surface area contributed by atoms with Crippen LogP contribution < -0.4 is 4.74 Å². The fourth-order valence-corrected chi connectivity index (χ4v) is 2.59. The molecule has 3 nitrogen and oxygen atoms in total. The Morgan fingerprint density at radius 3 is 2.29 bits per heavy atom. The molecule has 1 aromatic heterocycles. The van der Waals surface area contributed by atoms with Gasteiger partial charge in [0, 0.05) is 6.20 Å². The van der Waals surface area contributed by atoms with Crippen LogP contribution >= 0.6 is 0 Å². The maximum absolute atomic E-state index is 5.76. The van der Waals surface area contributed by atoms with Crippen molar-refractivity contribution in [3.05, 3.63) is 66.0 Å². The van der Waals surface area contributed by atoms with E-state index < -0.39 is 0 Å². The summed E-state index contributed by atoms with van der Waals surface area (Å²) in [6.45, 7) is 9.16. The van der Waals surface area contributed by atoms with E-state index in [1.54, 1.807) is 0 Å². The molecule has 124 valence electrons. The van der Waals surface area contributed by atoms with Crippen LogP contribution in [0.2, 0.25) is 0 Å². The van der Waals surface area contributed by atoms with Gasteiger partial charge < -0.3 is 4.74 Å². The molecule has 0 aliphatic rings. The maximum Gasteiger partial charge on any atom is 0.119 e. The molecular formula is C21H24N2O. The summed E-state index contributed by atoms with van der Waals surface area (Å²) in [4.78, 5) is 0. The van der Waals surface area contributed by atoms with E-state index in [1.807, 2.05) is 36.0 Å². The molecule has 24 heavy (non-hydrogen) atoms. The van der Waals surface area contributed by atoms with Crippen LogP contribution in [0.4, 0.5) is 0 Å². The van der Waals surface area contributed by atoms with Crippen molar-refractivity contribution in [3.63, 3.8) is 0 Å². The predicted molar refractivity (Wildman–Crippen MR) is 98.8 cm³/mol. The van der Waals surface area contributed by atoms with Crippen molar-refractivity contribution in [1.29, 1.82) is 0 Å². The molecule has 0 N–H and O–H groups in total. The summed E-state index contributed by atoms with van der Waals surface area (Å²) in [5.74, 6) is 1.45. The van der Waals surface area contributed by atoms with E-state index in [9.17, 15) is 0 Å². The van der Waals surface area contributed by atoms with E-state index in [2.05, 4.69) is 56.2 Å². The van der Waals surface area contributed by atoms with Crippen molar-refractivity contribution < 1.29 is 4.74 Å². The number of hydrogen-bond acceptors (Lipinski definition) is 2. The Morgan fingerprint density at radius 2 is 1.67 bits per heavy atom. The van der Waals surface area contributed by atoms with E-state index in [0.29, 0.717) is 5.92 Å². The molecule has 0 spiro atoms. The van der Waals surface area contributed by atoms with E-state index >= 15 is 0 Å². The Labute approximate surface area is 143 Å². The SMILES string of the molecule is Cc1ccn(-c2cc(-c3ccc(OCC(C)C)cc3)ccc2C)n1. The lowest BCUT2D eigenvalue weighted by Crippen LogP contribution is -2.04. The molecule has 0 fully saturated rings. The highest BCUT2D eigenvalue weighted by Crippen LogP contribution is 2.26. The van der Waals surface area contributed by atoms with Crippen LogP contribution in [-0.4, -0.2) is 16.4 Å². The minimum Gasteiger partial charge on any atom is -0.493 e. The van der Waals surface area contributed by atoms with Gasteiger partial charge in [0.1, 0.15) is 5.75 Å². The largest absolute Gasteiger partial charge is 0.493 e. The second-order valence-corrected chi connectivity index (χ2v) is 6.63. The lowest BCUT2D eigenvalue weighted by atomic mass is 10.0. The number of nitrogens with zero attached hydrogens (tertiary/aromatic N) is 2. The third-order valence-corrected chi connectivity index (χ3v) is 3.95. The molecule has 0 aliphatic heterocycles. The van der Waals surface area contributed by atoms with Crippen molar-refractivity contribution in [2.75, 3.05) is 6.61 Å². The summed E-state index contributed by atoms with van der Waals surface area (Å²) in [6, 6.07) is 16.8. The van der Waals surface area contributed by atoms with E-state index in [0.717, 1.165) is 23.7 Å². The lowest BCUT2D eigenvalue weighted by molar-refractivity contribution is 0.271. The third-order valence-electron chi connectivity index (χ3n) is 3.95. The summed E-state index contributed by atoms with van der Waals surface area (Å²) in [5.41, 5.74) is 5.70. The van der Waals surface area contributed by atoms with Crippen LogP contribution in [0.5, 0.6) is 5.75 Å². The fourth-order valence-electron chi connectivity index (χ4n) is 2.59. The molecule has 0 bridgehead atoms. The number of aryl methyl sites for hydroxylation is 2. The predicted octanol–water partition coefficient (Wildman–Crippen LogP) is 5.19. The van der Waals surface area contributed by atoms with Crippen LogP contribution in [0.15, 0.2) is 54.7 Å². The summed E-state index contributed by atoms with van der Waals surface area (Å²) in [7, 11) is 0. The molecule has 2 aromatic carbocycles. The summed E-state index contributed by atoms with van der Waals surface area (Å²) in [5, 5.41) is 4.53. The molecule has 0 saturated carbocycles. The smallest absolute Gasteiger partial charge is 0.119 e. The molecule has 1 heterocycles. The number of rotatable bonds is 5. The molecule has 0 saturated heterocycles. The number of hydrogen-bond donors (Lipinski definition) is 0. The van der Waals surface area contributed by atoms with Gasteiger partial charge in [-0.05, 0) is 60.7 Å². The highest BCUT2D eigenvalue weighted by Gasteiger charge is 2.06. The second kappa shape index (κ2) is 6.91. The minimum absolute atomic E-state index is 0.530. The van der Waals surface area contributed by atoms with Crippen molar-refractivity contribution in [1.82, 2.24) is 9.78 Å². The fraction of sp³-hybridized carbons (Fsp3) is 0.286. The van der Waals surface area contributed by atoms with Gasteiger partial charge in [0.25, 0.3) is 0 Å². The molecule has 0 radical (unpaired) electrons. The Kier molecular flexibility index (Phi) is 4.70. The van der Waals surface area contributed by atoms with Crippen molar-refractivity contribution in [2.24, 2.45) is 5.92 Å². The topological polar surface area (TPSA) is 27.1 Å². The zero-order valence-electron chi connectivity index (χ0n) is 14.8. The van der Waals surface area contributed by atoms with Gasteiger partial charge in [-0.15, -0.1) is 0 Å². The first-order valence-corrected chi connectivity index (χ1v) is 8.39.